The molecule has 132 valence electrons. The van der Waals surface area contributed by atoms with Crippen LogP contribution in [0.5, 0.6) is 0 Å². The molecule has 0 spiro atoms. The van der Waals surface area contributed by atoms with E-state index in [0.717, 1.165) is 4.90 Å². The summed E-state index contributed by atoms with van der Waals surface area (Å²) in [7, 11) is 0. The van der Waals surface area contributed by atoms with Gasteiger partial charge >= 0.3 is 0 Å². The Hall–Kier alpha value is 0.320. The van der Waals surface area contributed by atoms with Crippen molar-refractivity contribution >= 4 is 103 Å². The molecule has 1 heterocycles. The Morgan fingerprint density at radius 3 is 1.84 bits per heavy atom. The average molecular weight is 525 g/mol. The van der Waals surface area contributed by atoms with Gasteiger partial charge in [0.25, 0.3) is 0 Å². The van der Waals surface area contributed by atoms with E-state index in [-0.39, 0.29) is 10.1 Å². The lowest BCUT2D eigenvalue weighted by molar-refractivity contribution is -0.123. The zero-order valence-electron chi connectivity index (χ0n) is 11.9. The molecule has 1 saturated heterocycles. The fourth-order valence-electron chi connectivity index (χ4n) is 3.86. The van der Waals surface area contributed by atoms with Crippen molar-refractivity contribution in [1.82, 2.24) is 0 Å². The smallest absolute Gasteiger partial charge is 0.240 e. The quantitative estimate of drug-likeness (QED) is 0.364. The van der Waals surface area contributed by atoms with Crippen LogP contribution < -0.4 is 4.90 Å². The minimum Gasteiger partial charge on any atom is -0.274 e. The summed E-state index contributed by atoms with van der Waals surface area (Å²) < 4.78 is -1.22. The summed E-state index contributed by atoms with van der Waals surface area (Å²) in [5.74, 6) is -3.39. The average Bonchev–Trinajstić information content (AvgIpc) is 2.92. The van der Waals surface area contributed by atoms with Gasteiger partial charge in [-0.1, -0.05) is 68.4 Å². The molecule has 0 aromatic heterocycles. The molecule has 2 bridgehead atoms. The number of amides is 2. The first-order valence-electron chi connectivity index (χ1n) is 6.96. The van der Waals surface area contributed by atoms with Gasteiger partial charge in [0.1, 0.15) is 9.75 Å². The van der Waals surface area contributed by atoms with Crippen LogP contribution in [-0.4, -0.2) is 25.9 Å². The molecule has 1 aliphatic heterocycles. The molecule has 0 N–H and O–H groups in total. The van der Waals surface area contributed by atoms with E-state index >= 15 is 0 Å². The minimum atomic E-state index is -1.92. The van der Waals surface area contributed by atoms with E-state index < -0.39 is 37.7 Å². The Morgan fingerprint density at radius 1 is 0.920 bits per heavy atom. The second kappa shape index (κ2) is 5.44. The van der Waals surface area contributed by atoms with Gasteiger partial charge in [0.15, 0.2) is 4.33 Å². The molecule has 3 nitrogen and oxygen atoms in total. The number of carbonyl (C=O) groups excluding carboxylic acids is 2. The number of halogens is 7. The lowest BCUT2D eigenvalue weighted by Crippen LogP contribution is -2.50. The third kappa shape index (κ3) is 1.88. The normalized spacial score (nSPS) is 38.8. The Labute approximate surface area is 181 Å². The molecule has 3 aliphatic rings. The molecule has 1 aromatic carbocycles. The maximum Gasteiger partial charge on any atom is 0.240 e. The van der Waals surface area contributed by atoms with Gasteiger partial charge in [-0.15, -0.1) is 23.2 Å². The highest BCUT2D eigenvalue weighted by Crippen LogP contribution is 2.77. The topological polar surface area (TPSA) is 37.4 Å². The summed E-state index contributed by atoms with van der Waals surface area (Å²) in [4.78, 5) is 23.6. The molecule has 4 atom stereocenters. The van der Waals surface area contributed by atoms with Crippen molar-refractivity contribution in [2.75, 3.05) is 4.90 Å². The lowest BCUT2D eigenvalue weighted by atomic mass is 9.84. The second-order valence-electron chi connectivity index (χ2n) is 6.07. The number of alkyl halides is 4. The molecule has 2 aliphatic carbocycles. The number of allylic oxidation sites excluding steroid dienone is 2. The first-order chi connectivity index (χ1) is 11.5. The van der Waals surface area contributed by atoms with E-state index in [1.165, 1.54) is 0 Å². The van der Waals surface area contributed by atoms with Crippen LogP contribution in [0.15, 0.2) is 38.8 Å². The van der Waals surface area contributed by atoms with Crippen LogP contribution in [0.3, 0.4) is 0 Å². The highest BCUT2D eigenvalue weighted by Gasteiger charge is 2.87. The van der Waals surface area contributed by atoms with Crippen molar-refractivity contribution in [3.8, 4) is 0 Å². The highest BCUT2D eigenvalue weighted by atomic mass is 79.9. The van der Waals surface area contributed by atoms with Crippen LogP contribution in [0.1, 0.15) is 0 Å². The molecule has 4 rings (SSSR count). The lowest BCUT2D eigenvalue weighted by Gasteiger charge is -2.34. The fraction of sp³-hybridized carbons (Fsp3) is 0.333. The number of rotatable bonds is 1. The second-order valence-corrected chi connectivity index (χ2v) is 10.3. The number of hydrogen-bond donors (Lipinski definition) is 0. The summed E-state index contributed by atoms with van der Waals surface area (Å²) >= 11 is 41.9. The van der Waals surface area contributed by atoms with Crippen LogP contribution in [-0.2, 0) is 9.59 Å². The van der Waals surface area contributed by atoms with Gasteiger partial charge in [-0.05, 0) is 18.2 Å². The van der Waals surface area contributed by atoms with E-state index in [0.29, 0.717) is 10.2 Å². The first-order valence-corrected chi connectivity index (χ1v) is 10.0. The molecule has 2 fully saturated rings. The predicted octanol–water partition coefficient (Wildman–Crippen LogP) is 5.40. The van der Waals surface area contributed by atoms with E-state index in [9.17, 15) is 9.59 Å². The third-order valence-electron chi connectivity index (χ3n) is 4.98. The van der Waals surface area contributed by atoms with Gasteiger partial charge in [-0.3, -0.25) is 9.59 Å². The van der Waals surface area contributed by atoms with Crippen molar-refractivity contribution in [1.29, 1.82) is 0 Å². The first kappa shape index (κ1) is 18.7. The van der Waals surface area contributed by atoms with Gasteiger partial charge in [-0.2, -0.15) is 0 Å². The van der Waals surface area contributed by atoms with Crippen LogP contribution in [0.2, 0.25) is 0 Å². The van der Waals surface area contributed by atoms with Crippen molar-refractivity contribution in [3.05, 3.63) is 38.8 Å². The summed E-state index contributed by atoms with van der Waals surface area (Å²) in [5.41, 5.74) is 0.376. The molecule has 1 aromatic rings. The van der Waals surface area contributed by atoms with E-state index in [1.807, 2.05) is 0 Å². The molecular formula is C15H6BrCl6NO2. The van der Waals surface area contributed by atoms with Gasteiger partial charge in [0.05, 0.1) is 27.6 Å². The molecule has 10 heteroatoms. The Kier molecular flexibility index (Phi) is 4.06. The number of benzene rings is 1. The number of fused-ring (bicyclic) bond motifs is 5. The fourth-order valence-corrected chi connectivity index (χ4v) is 7.18. The predicted molar refractivity (Wildman–Crippen MR) is 104 cm³/mol. The minimum absolute atomic E-state index is 0.102. The van der Waals surface area contributed by atoms with Gasteiger partial charge < -0.3 is 0 Å². The summed E-state index contributed by atoms with van der Waals surface area (Å²) in [6.07, 6.45) is 0. The summed E-state index contributed by atoms with van der Waals surface area (Å²) in [6.45, 7) is 0. The van der Waals surface area contributed by atoms with Crippen molar-refractivity contribution in [3.63, 3.8) is 0 Å². The van der Waals surface area contributed by atoms with Crippen molar-refractivity contribution in [2.45, 2.75) is 14.1 Å². The number of anilines is 1. The summed E-state index contributed by atoms with van der Waals surface area (Å²) in [5, 5.41) is -0.205. The van der Waals surface area contributed by atoms with Gasteiger partial charge in [0, 0.05) is 4.47 Å². The van der Waals surface area contributed by atoms with Crippen molar-refractivity contribution in [2.24, 2.45) is 11.8 Å². The van der Waals surface area contributed by atoms with E-state index in [2.05, 4.69) is 15.9 Å². The molecule has 2 amide bonds. The molecule has 1 saturated carbocycles. The third-order valence-corrected chi connectivity index (χ3v) is 9.73. The van der Waals surface area contributed by atoms with Crippen LogP contribution in [0.4, 0.5) is 5.69 Å². The standard InChI is InChI=1S/C15H6BrCl6NO2/c16-5-2-1-3-6(4-5)23-11(24)7-8(12(23)25)14(20)10(18)9(17)13(7,19)15(14,21)22/h1-4,7-8H/t7-,8-,13-,14-/m1/s1. The highest BCUT2D eigenvalue weighted by molar-refractivity contribution is 9.10. The molecular weight excluding hydrogens is 519 g/mol. The monoisotopic (exact) mass is 521 g/mol. The van der Waals surface area contributed by atoms with Crippen molar-refractivity contribution < 1.29 is 9.59 Å². The number of imide groups is 1. The van der Waals surface area contributed by atoms with Gasteiger partial charge in [-0.25, -0.2) is 4.90 Å². The zero-order chi connectivity index (χ0) is 18.5. The van der Waals surface area contributed by atoms with Crippen LogP contribution in [0, 0.1) is 11.8 Å². The molecule has 0 radical (unpaired) electrons. The number of hydrogen-bond acceptors (Lipinski definition) is 2. The SMILES string of the molecule is O=C1[C@H]2[C@H](C(=O)N1c1cccc(Br)c1)[C@@]1(Cl)C(Cl)=C(Cl)[C@@]2(Cl)C1(Cl)Cl. The maximum atomic E-state index is 13.1. The Bertz CT molecular complexity index is 843. The largest absolute Gasteiger partial charge is 0.274 e. The number of carbonyl (C=O) groups is 2. The molecule has 0 unspecified atom stereocenters. The van der Waals surface area contributed by atoms with E-state index in [1.54, 1.807) is 24.3 Å². The Morgan fingerprint density at radius 2 is 1.40 bits per heavy atom. The van der Waals surface area contributed by atoms with Gasteiger partial charge in [0.2, 0.25) is 11.8 Å². The number of nitrogens with zero attached hydrogens (tertiary/aromatic N) is 1. The van der Waals surface area contributed by atoms with E-state index in [4.69, 9.17) is 69.6 Å². The summed E-state index contributed by atoms with van der Waals surface area (Å²) in [6, 6.07) is 6.71. The zero-order valence-corrected chi connectivity index (χ0v) is 18.0. The maximum absolute atomic E-state index is 13.1. The Balaban J connectivity index is 1.92. The molecule has 25 heavy (non-hydrogen) atoms. The van der Waals surface area contributed by atoms with Crippen LogP contribution in [0.25, 0.3) is 0 Å². The van der Waals surface area contributed by atoms with Crippen LogP contribution >= 0.6 is 85.5 Å².